The predicted molar refractivity (Wildman–Crippen MR) is 67.6 cm³/mol. The summed E-state index contributed by atoms with van der Waals surface area (Å²) in [7, 11) is 0. The van der Waals surface area contributed by atoms with Crippen LogP contribution in [0.15, 0.2) is 18.2 Å². The molecular weight excluding hydrogens is 238 g/mol. The average Bonchev–Trinajstić information content (AvgIpc) is 2.80. The van der Waals surface area contributed by atoms with Gasteiger partial charge in [-0.05, 0) is 30.7 Å². The molecule has 0 aliphatic carbocycles. The highest BCUT2D eigenvalue weighted by atomic mass is 32.2. The van der Waals surface area contributed by atoms with Crippen LogP contribution in [-0.2, 0) is 0 Å². The van der Waals surface area contributed by atoms with E-state index in [1.807, 2.05) is 6.92 Å². The van der Waals surface area contributed by atoms with E-state index in [4.69, 9.17) is 0 Å². The Hall–Kier alpha value is -1.36. The van der Waals surface area contributed by atoms with E-state index in [1.165, 1.54) is 6.07 Å². The molecule has 0 spiro atoms. The third kappa shape index (κ3) is 2.49. The Labute approximate surface area is 104 Å². The molecule has 0 aromatic heterocycles. The lowest BCUT2D eigenvalue weighted by atomic mass is 9.95. The molecule has 4 nitrogen and oxygen atoms in total. The maximum atomic E-state index is 12.2. The SMILES string of the molecule is Cc1ccc([N+](=O)[O-])c(C(=O)C2CCSC2)c1. The van der Waals surface area contributed by atoms with Gasteiger partial charge < -0.3 is 0 Å². The third-order valence-electron chi connectivity index (χ3n) is 2.91. The number of nitro groups is 1. The molecule has 1 heterocycles. The summed E-state index contributed by atoms with van der Waals surface area (Å²) in [6, 6.07) is 4.71. The van der Waals surface area contributed by atoms with Crippen LogP contribution in [0, 0.1) is 23.0 Å². The molecule has 1 fully saturated rings. The number of Topliss-reactive ketones (excluding diaryl/α,β-unsaturated/α-hetero) is 1. The van der Waals surface area contributed by atoms with Crippen molar-refractivity contribution in [2.75, 3.05) is 11.5 Å². The molecule has 1 aliphatic heterocycles. The van der Waals surface area contributed by atoms with Crippen molar-refractivity contribution in [3.63, 3.8) is 0 Å². The molecule has 0 radical (unpaired) electrons. The Kier molecular flexibility index (Phi) is 3.47. The first-order chi connectivity index (χ1) is 8.09. The van der Waals surface area contributed by atoms with Crippen molar-refractivity contribution >= 4 is 23.2 Å². The van der Waals surface area contributed by atoms with Gasteiger partial charge in [0.15, 0.2) is 5.78 Å². The quantitative estimate of drug-likeness (QED) is 0.471. The van der Waals surface area contributed by atoms with Gasteiger partial charge in [-0.15, -0.1) is 0 Å². The van der Waals surface area contributed by atoms with Crippen LogP contribution in [-0.4, -0.2) is 22.2 Å². The van der Waals surface area contributed by atoms with E-state index in [0.717, 1.165) is 23.5 Å². The number of nitro benzene ring substituents is 1. The van der Waals surface area contributed by atoms with Gasteiger partial charge in [0.25, 0.3) is 5.69 Å². The Balaban J connectivity index is 2.38. The van der Waals surface area contributed by atoms with Crippen molar-refractivity contribution in [2.24, 2.45) is 5.92 Å². The van der Waals surface area contributed by atoms with Gasteiger partial charge in [0, 0.05) is 17.7 Å². The van der Waals surface area contributed by atoms with E-state index in [2.05, 4.69) is 0 Å². The molecule has 0 bridgehead atoms. The van der Waals surface area contributed by atoms with Crippen molar-refractivity contribution in [3.8, 4) is 0 Å². The van der Waals surface area contributed by atoms with E-state index < -0.39 is 4.92 Å². The van der Waals surface area contributed by atoms with Crippen molar-refractivity contribution < 1.29 is 9.72 Å². The Morgan fingerprint density at radius 1 is 1.53 bits per heavy atom. The molecule has 0 saturated carbocycles. The molecule has 1 aliphatic rings. The summed E-state index contributed by atoms with van der Waals surface area (Å²) in [4.78, 5) is 22.6. The number of carbonyl (C=O) groups excluding carboxylic acids is 1. The monoisotopic (exact) mass is 251 g/mol. The number of ketones is 1. The van der Waals surface area contributed by atoms with Gasteiger partial charge in [0.2, 0.25) is 0 Å². The largest absolute Gasteiger partial charge is 0.294 e. The summed E-state index contributed by atoms with van der Waals surface area (Å²) in [6.45, 7) is 1.84. The normalized spacial score (nSPS) is 19.2. The Bertz CT molecular complexity index is 467. The lowest BCUT2D eigenvalue weighted by Gasteiger charge is -2.08. The number of carbonyl (C=O) groups is 1. The van der Waals surface area contributed by atoms with Gasteiger partial charge in [-0.3, -0.25) is 14.9 Å². The number of thioether (sulfide) groups is 1. The van der Waals surface area contributed by atoms with Crippen LogP contribution in [0.3, 0.4) is 0 Å². The minimum absolute atomic E-state index is 0.0551. The molecule has 90 valence electrons. The molecule has 0 N–H and O–H groups in total. The van der Waals surface area contributed by atoms with E-state index in [-0.39, 0.29) is 23.0 Å². The maximum absolute atomic E-state index is 12.2. The zero-order chi connectivity index (χ0) is 12.4. The van der Waals surface area contributed by atoms with Gasteiger partial charge in [-0.1, -0.05) is 6.07 Å². The van der Waals surface area contributed by atoms with Gasteiger partial charge in [0.05, 0.1) is 10.5 Å². The molecule has 17 heavy (non-hydrogen) atoms. The topological polar surface area (TPSA) is 60.2 Å². The fraction of sp³-hybridized carbons (Fsp3) is 0.417. The Morgan fingerprint density at radius 3 is 2.88 bits per heavy atom. The van der Waals surface area contributed by atoms with Gasteiger partial charge in [-0.2, -0.15) is 11.8 Å². The predicted octanol–water partition coefficient (Wildman–Crippen LogP) is 2.84. The molecule has 2 rings (SSSR count). The van der Waals surface area contributed by atoms with Crippen LogP contribution in [0.1, 0.15) is 22.3 Å². The molecule has 1 atom stereocenters. The van der Waals surface area contributed by atoms with Crippen molar-refractivity contribution in [1.82, 2.24) is 0 Å². The van der Waals surface area contributed by atoms with Crippen LogP contribution >= 0.6 is 11.8 Å². The average molecular weight is 251 g/mol. The zero-order valence-corrected chi connectivity index (χ0v) is 10.3. The molecule has 0 amide bonds. The van der Waals surface area contributed by atoms with E-state index in [9.17, 15) is 14.9 Å². The molecule has 5 heteroatoms. The van der Waals surface area contributed by atoms with Crippen LogP contribution in [0.25, 0.3) is 0 Å². The second kappa shape index (κ2) is 4.87. The Morgan fingerprint density at radius 2 is 2.29 bits per heavy atom. The van der Waals surface area contributed by atoms with E-state index >= 15 is 0 Å². The molecule has 1 saturated heterocycles. The number of rotatable bonds is 3. The van der Waals surface area contributed by atoms with Crippen molar-refractivity contribution in [3.05, 3.63) is 39.4 Å². The molecular formula is C12H13NO3S. The van der Waals surface area contributed by atoms with Gasteiger partial charge >= 0.3 is 0 Å². The first-order valence-corrected chi connectivity index (χ1v) is 6.62. The number of benzene rings is 1. The lowest BCUT2D eigenvalue weighted by Crippen LogP contribution is -2.15. The standard InChI is InChI=1S/C12H13NO3S/c1-8-2-3-11(13(15)16)10(6-8)12(14)9-4-5-17-7-9/h2-3,6,9H,4-5,7H2,1H3. The summed E-state index contributed by atoms with van der Waals surface area (Å²) < 4.78 is 0. The number of nitrogens with zero attached hydrogens (tertiary/aromatic N) is 1. The minimum atomic E-state index is -0.477. The molecule has 1 aromatic rings. The second-order valence-corrected chi connectivity index (χ2v) is 5.35. The number of aryl methyl sites for hydroxylation is 1. The zero-order valence-electron chi connectivity index (χ0n) is 9.51. The van der Waals surface area contributed by atoms with Crippen molar-refractivity contribution in [2.45, 2.75) is 13.3 Å². The van der Waals surface area contributed by atoms with Crippen LogP contribution in [0.2, 0.25) is 0 Å². The summed E-state index contributed by atoms with van der Waals surface area (Å²) in [6.07, 6.45) is 0.828. The highest BCUT2D eigenvalue weighted by Gasteiger charge is 2.29. The van der Waals surface area contributed by atoms with E-state index in [1.54, 1.807) is 23.9 Å². The summed E-state index contributed by atoms with van der Waals surface area (Å²) in [5, 5.41) is 10.9. The lowest BCUT2D eigenvalue weighted by molar-refractivity contribution is -0.385. The number of hydrogen-bond donors (Lipinski definition) is 0. The van der Waals surface area contributed by atoms with Crippen LogP contribution < -0.4 is 0 Å². The van der Waals surface area contributed by atoms with Crippen LogP contribution in [0.5, 0.6) is 0 Å². The van der Waals surface area contributed by atoms with Gasteiger partial charge in [-0.25, -0.2) is 0 Å². The first-order valence-electron chi connectivity index (χ1n) is 5.46. The highest BCUT2D eigenvalue weighted by molar-refractivity contribution is 7.99. The summed E-state index contributed by atoms with van der Waals surface area (Å²) in [5.74, 6) is 1.62. The number of hydrogen-bond acceptors (Lipinski definition) is 4. The smallest absolute Gasteiger partial charge is 0.280 e. The molecule has 1 aromatic carbocycles. The van der Waals surface area contributed by atoms with Gasteiger partial charge in [0.1, 0.15) is 0 Å². The molecule has 1 unspecified atom stereocenters. The van der Waals surface area contributed by atoms with E-state index in [0.29, 0.717) is 0 Å². The highest BCUT2D eigenvalue weighted by Crippen LogP contribution is 2.30. The van der Waals surface area contributed by atoms with Crippen molar-refractivity contribution in [1.29, 1.82) is 0 Å². The first kappa shape index (κ1) is 12.1. The maximum Gasteiger partial charge on any atom is 0.280 e. The minimum Gasteiger partial charge on any atom is -0.294 e. The van der Waals surface area contributed by atoms with Crippen LogP contribution in [0.4, 0.5) is 5.69 Å². The summed E-state index contributed by atoms with van der Waals surface area (Å²) in [5.41, 5.74) is 1.07. The fourth-order valence-electron chi connectivity index (χ4n) is 1.97. The third-order valence-corrected chi connectivity index (χ3v) is 4.08. The fourth-order valence-corrected chi connectivity index (χ4v) is 3.19. The summed E-state index contributed by atoms with van der Waals surface area (Å²) >= 11 is 1.73. The second-order valence-electron chi connectivity index (χ2n) is 4.20.